The Balaban J connectivity index is 1.93. The largest absolute Gasteiger partial charge is 0.495 e. The molecule has 1 N–H and O–H groups in total. The van der Waals surface area contributed by atoms with Crippen molar-refractivity contribution in [3.63, 3.8) is 0 Å². The second-order valence-corrected chi connectivity index (χ2v) is 8.70. The Morgan fingerprint density at radius 2 is 1.90 bits per heavy atom. The second-order valence-electron chi connectivity index (χ2n) is 6.35. The summed E-state index contributed by atoms with van der Waals surface area (Å²) >= 11 is 5.77. The minimum atomic E-state index is -3.69. The highest BCUT2D eigenvalue weighted by molar-refractivity contribution is 7.89. The number of nitro benzene ring substituents is 1. The third kappa shape index (κ3) is 4.34. The van der Waals surface area contributed by atoms with Gasteiger partial charge in [0, 0.05) is 24.7 Å². The summed E-state index contributed by atoms with van der Waals surface area (Å²) in [4.78, 5) is 23.0. The van der Waals surface area contributed by atoms with Gasteiger partial charge < -0.3 is 10.1 Å². The number of benzene rings is 2. The average Bonchev–Trinajstić information content (AvgIpc) is 3.23. The van der Waals surface area contributed by atoms with E-state index in [0.717, 1.165) is 18.9 Å². The van der Waals surface area contributed by atoms with E-state index in [4.69, 9.17) is 16.3 Å². The number of carbonyl (C=O) groups excluding carboxylic acids is 1. The van der Waals surface area contributed by atoms with Gasteiger partial charge in [0.05, 0.1) is 22.6 Å². The Kier molecular flexibility index (Phi) is 6.06. The summed E-state index contributed by atoms with van der Waals surface area (Å²) in [7, 11) is -2.31. The SMILES string of the molecule is COc1ccc(S(=O)(=O)N2CCCC2)cc1NC(=O)c1ccc(Cl)c([N+](=O)[O-])c1. The van der Waals surface area contributed by atoms with Crippen LogP contribution in [0.1, 0.15) is 23.2 Å². The lowest BCUT2D eigenvalue weighted by atomic mass is 10.2. The monoisotopic (exact) mass is 439 g/mol. The number of nitro groups is 1. The van der Waals surface area contributed by atoms with Crippen LogP contribution in [0.2, 0.25) is 5.02 Å². The van der Waals surface area contributed by atoms with Crippen LogP contribution in [-0.2, 0) is 10.0 Å². The number of halogens is 1. The lowest BCUT2D eigenvalue weighted by Gasteiger charge is -2.17. The van der Waals surface area contributed by atoms with Crippen LogP contribution in [0.3, 0.4) is 0 Å². The van der Waals surface area contributed by atoms with Gasteiger partial charge in [-0.1, -0.05) is 11.6 Å². The molecule has 2 aromatic carbocycles. The molecule has 0 bridgehead atoms. The topological polar surface area (TPSA) is 119 Å². The molecule has 0 saturated carbocycles. The van der Waals surface area contributed by atoms with Gasteiger partial charge in [-0.25, -0.2) is 8.42 Å². The molecular formula is C18H18ClN3O6S. The molecular weight excluding hydrogens is 422 g/mol. The first-order chi connectivity index (χ1) is 13.7. The van der Waals surface area contributed by atoms with E-state index in [1.807, 2.05) is 0 Å². The third-order valence-corrected chi connectivity index (χ3v) is 6.74. The molecule has 2 aromatic rings. The maximum Gasteiger partial charge on any atom is 0.288 e. The van der Waals surface area contributed by atoms with E-state index in [1.54, 1.807) is 0 Å². The number of anilines is 1. The number of sulfonamides is 1. The van der Waals surface area contributed by atoms with Crippen LogP contribution >= 0.6 is 11.6 Å². The Hall–Kier alpha value is -2.69. The first-order valence-electron chi connectivity index (χ1n) is 8.67. The first kappa shape index (κ1) is 21.0. The van der Waals surface area contributed by atoms with Crippen molar-refractivity contribution >= 4 is 38.9 Å². The summed E-state index contributed by atoms with van der Waals surface area (Å²) < 4.78 is 32.2. The molecule has 1 aliphatic rings. The standard InChI is InChI=1S/C18H18ClN3O6S/c1-28-17-7-5-13(29(26,27)21-8-2-3-9-21)11-15(17)20-18(23)12-4-6-14(19)16(10-12)22(24)25/h4-7,10-11H,2-3,8-9H2,1H3,(H,20,23). The number of ether oxygens (including phenoxy) is 1. The van der Waals surface area contributed by atoms with Crippen LogP contribution in [0.5, 0.6) is 5.75 Å². The summed E-state index contributed by atoms with van der Waals surface area (Å²) in [6.45, 7) is 0.898. The molecule has 0 unspecified atom stereocenters. The van der Waals surface area contributed by atoms with Crippen molar-refractivity contribution in [1.82, 2.24) is 4.31 Å². The first-order valence-corrected chi connectivity index (χ1v) is 10.5. The molecule has 0 radical (unpaired) electrons. The Labute approximate surface area is 172 Å². The Bertz CT molecular complexity index is 1070. The van der Waals surface area contributed by atoms with E-state index in [9.17, 15) is 23.3 Å². The maximum absolute atomic E-state index is 12.8. The summed E-state index contributed by atoms with van der Waals surface area (Å²) in [5.74, 6) is -0.416. The lowest BCUT2D eigenvalue weighted by Crippen LogP contribution is -2.28. The predicted molar refractivity (Wildman–Crippen MR) is 107 cm³/mol. The van der Waals surface area contributed by atoms with Crippen molar-refractivity contribution in [2.45, 2.75) is 17.7 Å². The predicted octanol–water partition coefficient (Wildman–Crippen LogP) is 3.29. The number of hydrogen-bond donors (Lipinski definition) is 1. The number of amides is 1. The molecule has 1 saturated heterocycles. The summed E-state index contributed by atoms with van der Waals surface area (Å²) in [6, 6.07) is 7.81. The van der Waals surface area contributed by atoms with Crippen LogP contribution in [0.15, 0.2) is 41.3 Å². The fourth-order valence-corrected chi connectivity index (χ4v) is 4.74. The van der Waals surface area contributed by atoms with Gasteiger partial charge in [-0.15, -0.1) is 0 Å². The van der Waals surface area contributed by atoms with Gasteiger partial charge in [0.25, 0.3) is 11.6 Å². The van der Waals surface area contributed by atoms with Crippen LogP contribution in [0.4, 0.5) is 11.4 Å². The fourth-order valence-electron chi connectivity index (χ4n) is 3.01. The minimum Gasteiger partial charge on any atom is -0.495 e. The molecule has 1 fully saturated rings. The smallest absolute Gasteiger partial charge is 0.288 e. The van der Waals surface area contributed by atoms with E-state index >= 15 is 0 Å². The van der Waals surface area contributed by atoms with Gasteiger partial charge in [0.15, 0.2) is 0 Å². The second kappa shape index (κ2) is 8.36. The number of hydrogen-bond acceptors (Lipinski definition) is 6. The van der Waals surface area contributed by atoms with Crippen LogP contribution in [0.25, 0.3) is 0 Å². The number of methoxy groups -OCH3 is 1. The zero-order valence-corrected chi connectivity index (χ0v) is 17.0. The van der Waals surface area contributed by atoms with E-state index in [-0.39, 0.29) is 26.9 Å². The molecule has 1 amide bonds. The van der Waals surface area contributed by atoms with Gasteiger partial charge in [0.1, 0.15) is 10.8 Å². The van der Waals surface area contributed by atoms with Crippen LogP contribution in [-0.4, -0.2) is 43.8 Å². The van der Waals surface area contributed by atoms with Crippen molar-refractivity contribution in [2.75, 3.05) is 25.5 Å². The highest BCUT2D eigenvalue weighted by Crippen LogP contribution is 2.31. The van der Waals surface area contributed by atoms with Gasteiger partial charge in [-0.2, -0.15) is 4.31 Å². The Morgan fingerprint density at radius 3 is 2.52 bits per heavy atom. The molecule has 9 nitrogen and oxygen atoms in total. The quantitative estimate of drug-likeness (QED) is 0.544. The van der Waals surface area contributed by atoms with E-state index in [0.29, 0.717) is 13.1 Å². The van der Waals surface area contributed by atoms with Gasteiger partial charge in [-0.3, -0.25) is 14.9 Å². The molecule has 0 aliphatic carbocycles. The molecule has 1 aliphatic heterocycles. The van der Waals surface area contributed by atoms with Crippen molar-refractivity contribution in [1.29, 1.82) is 0 Å². The number of rotatable bonds is 6. The highest BCUT2D eigenvalue weighted by Gasteiger charge is 2.28. The molecule has 29 heavy (non-hydrogen) atoms. The van der Waals surface area contributed by atoms with E-state index in [1.165, 1.54) is 41.7 Å². The average molecular weight is 440 g/mol. The highest BCUT2D eigenvalue weighted by atomic mass is 35.5. The van der Waals surface area contributed by atoms with E-state index in [2.05, 4.69) is 5.32 Å². The molecule has 1 heterocycles. The Morgan fingerprint density at radius 1 is 1.21 bits per heavy atom. The van der Waals surface area contributed by atoms with Crippen LogP contribution < -0.4 is 10.1 Å². The normalized spacial score (nSPS) is 14.6. The zero-order valence-electron chi connectivity index (χ0n) is 15.4. The molecule has 154 valence electrons. The maximum atomic E-state index is 12.8. The molecule has 0 spiro atoms. The zero-order chi connectivity index (χ0) is 21.2. The summed E-state index contributed by atoms with van der Waals surface area (Å²) in [5.41, 5.74) is -0.275. The van der Waals surface area contributed by atoms with Crippen LogP contribution in [0, 0.1) is 10.1 Å². The van der Waals surface area contributed by atoms with Gasteiger partial charge in [0.2, 0.25) is 10.0 Å². The molecule has 11 heteroatoms. The van der Waals surface area contributed by atoms with Crippen molar-refractivity contribution < 1.29 is 22.9 Å². The number of nitrogens with one attached hydrogen (secondary N) is 1. The van der Waals surface area contributed by atoms with Gasteiger partial charge in [-0.05, 0) is 43.2 Å². The molecule has 3 rings (SSSR count). The fraction of sp³-hybridized carbons (Fsp3) is 0.278. The number of nitrogens with zero attached hydrogens (tertiary/aromatic N) is 2. The van der Waals surface area contributed by atoms with Crippen molar-refractivity contribution in [3.8, 4) is 5.75 Å². The van der Waals surface area contributed by atoms with Crippen molar-refractivity contribution in [3.05, 3.63) is 57.1 Å². The summed E-state index contributed by atoms with van der Waals surface area (Å²) in [5, 5.41) is 13.5. The molecule has 0 atom stereocenters. The van der Waals surface area contributed by atoms with Gasteiger partial charge >= 0.3 is 0 Å². The third-order valence-electron chi connectivity index (χ3n) is 4.53. The number of carbonyl (C=O) groups is 1. The summed E-state index contributed by atoms with van der Waals surface area (Å²) in [6.07, 6.45) is 1.60. The van der Waals surface area contributed by atoms with E-state index < -0.39 is 26.5 Å². The minimum absolute atomic E-state index is 0.00374. The lowest BCUT2D eigenvalue weighted by molar-refractivity contribution is -0.384. The molecule has 0 aromatic heterocycles. The van der Waals surface area contributed by atoms with Crippen molar-refractivity contribution in [2.24, 2.45) is 0 Å².